The number of rotatable bonds is 6. The van der Waals surface area contributed by atoms with Gasteiger partial charge in [0.2, 0.25) is 0 Å². The Bertz CT molecular complexity index is 545. The summed E-state index contributed by atoms with van der Waals surface area (Å²) in [7, 11) is 1.39. The minimum atomic E-state index is -1.28. The van der Waals surface area contributed by atoms with E-state index in [4.69, 9.17) is 14.9 Å². The van der Waals surface area contributed by atoms with E-state index in [9.17, 15) is 14.4 Å². The lowest BCUT2D eigenvalue weighted by molar-refractivity contribution is -0.136. The molecule has 0 spiro atoms. The van der Waals surface area contributed by atoms with E-state index >= 15 is 0 Å². The second-order valence-corrected chi connectivity index (χ2v) is 4.65. The summed E-state index contributed by atoms with van der Waals surface area (Å²) in [5.41, 5.74) is -1.43. The lowest BCUT2D eigenvalue weighted by Crippen LogP contribution is -2.41. The fourth-order valence-corrected chi connectivity index (χ4v) is 1.61. The van der Waals surface area contributed by atoms with Crippen molar-refractivity contribution in [3.05, 3.63) is 29.3 Å². The molecule has 7 heteroatoms. The average Bonchev–Trinajstić information content (AvgIpc) is 2.45. The van der Waals surface area contributed by atoms with Gasteiger partial charge < -0.3 is 20.3 Å². The predicted molar refractivity (Wildman–Crippen MR) is 74.7 cm³/mol. The van der Waals surface area contributed by atoms with Crippen LogP contribution < -0.4 is 5.32 Å². The van der Waals surface area contributed by atoms with E-state index in [1.807, 2.05) is 0 Å². The van der Waals surface area contributed by atoms with Gasteiger partial charge in [-0.25, -0.2) is 9.59 Å². The van der Waals surface area contributed by atoms with Crippen LogP contribution in [0.4, 0.5) is 5.69 Å². The van der Waals surface area contributed by atoms with Crippen molar-refractivity contribution in [3.8, 4) is 0 Å². The van der Waals surface area contributed by atoms with E-state index in [-0.39, 0.29) is 16.8 Å². The zero-order valence-corrected chi connectivity index (χ0v) is 12.0. The topological polar surface area (TPSA) is 113 Å². The van der Waals surface area contributed by atoms with Crippen LogP contribution in [0.2, 0.25) is 0 Å². The molecule has 0 aliphatic heterocycles. The average molecular weight is 295 g/mol. The Morgan fingerprint density at radius 3 is 1.95 bits per heavy atom. The summed E-state index contributed by atoms with van der Waals surface area (Å²) >= 11 is 0. The second-order valence-electron chi connectivity index (χ2n) is 4.65. The van der Waals surface area contributed by atoms with Gasteiger partial charge in [-0.05, 0) is 31.5 Å². The highest BCUT2D eigenvalue weighted by Gasteiger charge is 2.31. The molecule has 7 nitrogen and oxygen atoms in total. The number of amides is 1. The first-order valence-electron chi connectivity index (χ1n) is 6.21. The van der Waals surface area contributed by atoms with E-state index in [1.54, 1.807) is 13.8 Å². The summed E-state index contributed by atoms with van der Waals surface area (Å²) in [6.45, 7) is 3.35. The van der Waals surface area contributed by atoms with Crippen molar-refractivity contribution in [3.63, 3.8) is 0 Å². The summed E-state index contributed by atoms with van der Waals surface area (Å²) in [6.07, 6.45) is 0.403. The van der Waals surface area contributed by atoms with Crippen molar-refractivity contribution < 1.29 is 29.3 Å². The van der Waals surface area contributed by atoms with Gasteiger partial charge in [0.05, 0.1) is 11.1 Å². The Morgan fingerprint density at radius 2 is 1.62 bits per heavy atom. The first-order valence-corrected chi connectivity index (χ1v) is 6.21. The maximum Gasteiger partial charge on any atom is 0.335 e. The number of hydrogen-bond donors (Lipinski definition) is 3. The Morgan fingerprint density at radius 1 is 1.14 bits per heavy atom. The van der Waals surface area contributed by atoms with Crippen molar-refractivity contribution in [2.45, 2.75) is 25.9 Å². The number of anilines is 1. The number of aromatic carboxylic acids is 2. The molecule has 114 valence electrons. The molecule has 0 fully saturated rings. The number of carboxylic acids is 2. The lowest BCUT2D eigenvalue weighted by atomic mass is 10.0. The molecular formula is C14H17NO6. The normalized spacial score (nSPS) is 13.3. The molecule has 1 amide bonds. The molecule has 3 N–H and O–H groups in total. The molecule has 0 aliphatic carbocycles. The Balaban J connectivity index is 3.16. The summed E-state index contributed by atoms with van der Waals surface area (Å²) in [6, 6.07) is 3.41. The predicted octanol–water partition coefficient (Wildman–Crippen LogP) is 1.84. The second kappa shape index (κ2) is 6.36. The number of methoxy groups -OCH3 is 1. The van der Waals surface area contributed by atoms with E-state index in [2.05, 4.69) is 5.32 Å². The minimum Gasteiger partial charge on any atom is -0.478 e. The van der Waals surface area contributed by atoms with Crippen molar-refractivity contribution in [2.24, 2.45) is 0 Å². The van der Waals surface area contributed by atoms with Gasteiger partial charge in [-0.2, -0.15) is 0 Å². The van der Waals surface area contributed by atoms with Crippen LogP contribution in [0, 0.1) is 0 Å². The van der Waals surface area contributed by atoms with Crippen LogP contribution in [-0.2, 0) is 9.53 Å². The first kappa shape index (κ1) is 16.6. The van der Waals surface area contributed by atoms with Crippen molar-refractivity contribution >= 4 is 23.5 Å². The molecule has 21 heavy (non-hydrogen) atoms. The molecule has 0 bridgehead atoms. The third kappa shape index (κ3) is 3.79. The summed E-state index contributed by atoms with van der Waals surface area (Å²) in [5.74, 6) is -3.04. The summed E-state index contributed by atoms with van der Waals surface area (Å²) in [4.78, 5) is 34.1. The van der Waals surface area contributed by atoms with Gasteiger partial charge in [0.25, 0.3) is 5.91 Å². The largest absolute Gasteiger partial charge is 0.478 e. The molecular weight excluding hydrogens is 278 g/mol. The van der Waals surface area contributed by atoms with E-state index in [1.165, 1.54) is 19.2 Å². The number of carboxylic acid groups (broad SMARTS) is 2. The third-order valence-electron chi connectivity index (χ3n) is 3.29. The van der Waals surface area contributed by atoms with Crippen LogP contribution in [0.25, 0.3) is 0 Å². The Kier molecular flexibility index (Phi) is 5.04. The monoisotopic (exact) mass is 295 g/mol. The highest BCUT2D eigenvalue weighted by Crippen LogP contribution is 2.20. The standard InChI is InChI=1S/C14H17NO6/c1-4-14(2,21-3)13(20)15-10-6-8(11(16)17)5-9(7-10)12(18)19/h5-7H,4H2,1-3H3,(H,15,20)(H,16,17)(H,18,19). The van der Waals surface area contributed by atoms with Gasteiger partial charge in [0.15, 0.2) is 0 Å². The third-order valence-corrected chi connectivity index (χ3v) is 3.29. The van der Waals surface area contributed by atoms with Gasteiger partial charge in [-0.1, -0.05) is 6.92 Å². The van der Waals surface area contributed by atoms with Gasteiger partial charge in [-0.3, -0.25) is 4.79 Å². The number of nitrogens with one attached hydrogen (secondary N) is 1. The molecule has 0 aromatic heterocycles. The molecule has 1 aromatic carbocycles. The van der Waals surface area contributed by atoms with Crippen LogP contribution in [0.3, 0.4) is 0 Å². The molecule has 1 atom stereocenters. The molecule has 0 heterocycles. The van der Waals surface area contributed by atoms with E-state index < -0.39 is 23.4 Å². The SMILES string of the molecule is CCC(C)(OC)C(=O)Nc1cc(C(=O)O)cc(C(=O)O)c1. The molecule has 0 saturated heterocycles. The van der Waals surface area contributed by atoms with Crippen LogP contribution in [0.15, 0.2) is 18.2 Å². The molecule has 0 saturated carbocycles. The fourth-order valence-electron chi connectivity index (χ4n) is 1.61. The number of carbonyl (C=O) groups excluding carboxylic acids is 1. The van der Waals surface area contributed by atoms with Crippen molar-refractivity contribution in [1.29, 1.82) is 0 Å². The van der Waals surface area contributed by atoms with Crippen LogP contribution in [0.1, 0.15) is 41.0 Å². The summed E-state index contributed by atoms with van der Waals surface area (Å²) in [5, 5.41) is 20.4. The fraction of sp³-hybridized carbons (Fsp3) is 0.357. The molecule has 1 unspecified atom stereocenters. The number of ether oxygens (including phenoxy) is 1. The van der Waals surface area contributed by atoms with Gasteiger partial charge in [0.1, 0.15) is 5.60 Å². The number of benzene rings is 1. The molecule has 1 rings (SSSR count). The maximum atomic E-state index is 12.1. The Labute approximate surface area is 121 Å². The number of carbonyl (C=O) groups is 3. The summed E-state index contributed by atoms with van der Waals surface area (Å²) < 4.78 is 5.13. The Hall–Kier alpha value is -2.41. The van der Waals surface area contributed by atoms with Crippen molar-refractivity contribution in [1.82, 2.24) is 0 Å². The van der Waals surface area contributed by atoms with Crippen LogP contribution in [-0.4, -0.2) is 40.8 Å². The highest BCUT2D eigenvalue weighted by molar-refractivity contribution is 6.00. The minimum absolute atomic E-state index is 0.0917. The first-order chi connectivity index (χ1) is 9.73. The van der Waals surface area contributed by atoms with Crippen LogP contribution in [0.5, 0.6) is 0 Å². The molecule has 0 aliphatic rings. The van der Waals surface area contributed by atoms with E-state index in [0.717, 1.165) is 6.07 Å². The maximum absolute atomic E-state index is 12.1. The highest BCUT2D eigenvalue weighted by atomic mass is 16.5. The quantitative estimate of drug-likeness (QED) is 0.738. The van der Waals surface area contributed by atoms with Gasteiger partial charge >= 0.3 is 11.9 Å². The van der Waals surface area contributed by atoms with Gasteiger partial charge in [0, 0.05) is 12.8 Å². The van der Waals surface area contributed by atoms with E-state index in [0.29, 0.717) is 6.42 Å². The molecule has 1 aromatic rings. The lowest BCUT2D eigenvalue weighted by Gasteiger charge is -2.25. The zero-order chi connectivity index (χ0) is 16.2. The van der Waals surface area contributed by atoms with Crippen molar-refractivity contribution in [2.75, 3.05) is 12.4 Å². The number of hydrogen-bond acceptors (Lipinski definition) is 4. The van der Waals surface area contributed by atoms with Gasteiger partial charge in [-0.15, -0.1) is 0 Å². The molecule has 0 radical (unpaired) electrons. The smallest absolute Gasteiger partial charge is 0.335 e. The zero-order valence-electron chi connectivity index (χ0n) is 12.0. The van der Waals surface area contributed by atoms with Crippen LogP contribution >= 0.6 is 0 Å².